The summed E-state index contributed by atoms with van der Waals surface area (Å²) >= 11 is 6.02. The van der Waals surface area contributed by atoms with Crippen LogP contribution >= 0.6 is 11.6 Å². The first kappa shape index (κ1) is 11.9. The van der Waals surface area contributed by atoms with Gasteiger partial charge in [0.1, 0.15) is 5.82 Å². The average molecular weight is 286 g/mol. The summed E-state index contributed by atoms with van der Waals surface area (Å²) in [5, 5.41) is 8.66. The molecule has 0 aliphatic carbocycles. The molecule has 2 aromatic heterocycles. The highest BCUT2D eigenvalue weighted by atomic mass is 35.5. The van der Waals surface area contributed by atoms with Crippen LogP contribution in [0, 0.1) is 0 Å². The van der Waals surface area contributed by atoms with E-state index < -0.39 is 9.84 Å². The van der Waals surface area contributed by atoms with Crippen LogP contribution in [0.1, 0.15) is 24.6 Å². The Labute approximate surface area is 110 Å². The van der Waals surface area contributed by atoms with Gasteiger partial charge in [0, 0.05) is 12.1 Å². The van der Waals surface area contributed by atoms with E-state index >= 15 is 0 Å². The normalized spacial score (nSPS) is 23.3. The summed E-state index contributed by atoms with van der Waals surface area (Å²) in [6.07, 6.45) is 3.33. The van der Waals surface area contributed by atoms with Crippen molar-refractivity contribution in [2.75, 3.05) is 11.5 Å². The van der Waals surface area contributed by atoms with E-state index in [0.717, 1.165) is 6.42 Å². The van der Waals surface area contributed by atoms with Crippen molar-refractivity contribution >= 4 is 27.1 Å². The van der Waals surface area contributed by atoms with Crippen LogP contribution in [0.5, 0.6) is 0 Å². The van der Waals surface area contributed by atoms with Gasteiger partial charge in [-0.05, 0) is 25.0 Å². The molecule has 0 N–H and O–H groups in total. The molecule has 1 aliphatic heterocycles. The van der Waals surface area contributed by atoms with Crippen LogP contribution in [0.2, 0.25) is 5.02 Å². The lowest BCUT2D eigenvalue weighted by molar-refractivity contribution is 0.541. The second-order valence-corrected chi connectivity index (χ2v) is 7.20. The van der Waals surface area contributed by atoms with Gasteiger partial charge < -0.3 is 0 Å². The standard InChI is InChI=1S/C11H12ClN3O2S/c12-9-4-1-5-15-10(13-14-11(9)15)8-3-2-6-18(16,17)7-8/h1,4-5,8H,2-3,6-7H2. The molecule has 1 unspecified atom stereocenters. The van der Waals surface area contributed by atoms with Crippen molar-refractivity contribution in [3.63, 3.8) is 0 Å². The smallest absolute Gasteiger partial charge is 0.179 e. The number of pyridine rings is 1. The maximum atomic E-state index is 11.7. The van der Waals surface area contributed by atoms with Crippen LogP contribution in [-0.2, 0) is 9.84 Å². The van der Waals surface area contributed by atoms with E-state index in [1.807, 2.05) is 6.20 Å². The van der Waals surface area contributed by atoms with Crippen molar-refractivity contribution in [3.05, 3.63) is 29.2 Å². The van der Waals surface area contributed by atoms with E-state index in [1.54, 1.807) is 16.5 Å². The number of nitrogens with zero attached hydrogens (tertiary/aromatic N) is 3. The van der Waals surface area contributed by atoms with E-state index in [1.165, 1.54) is 0 Å². The Hall–Kier alpha value is -1.14. The molecule has 1 fully saturated rings. The van der Waals surface area contributed by atoms with Crippen LogP contribution in [0.4, 0.5) is 0 Å². The third-order valence-electron chi connectivity index (χ3n) is 3.24. The van der Waals surface area contributed by atoms with Gasteiger partial charge in [-0.25, -0.2) is 8.42 Å². The Bertz CT molecular complexity index is 695. The maximum absolute atomic E-state index is 11.7. The Balaban J connectivity index is 2.07. The molecule has 3 heterocycles. The fraction of sp³-hybridized carbons (Fsp3) is 0.455. The van der Waals surface area contributed by atoms with Crippen LogP contribution in [-0.4, -0.2) is 34.5 Å². The van der Waals surface area contributed by atoms with Crippen molar-refractivity contribution < 1.29 is 8.42 Å². The van der Waals surface area contributed by atoms with E-state index in [4.69, 9.17) is 11.6 Å². The van der Waals surface area contributed by atoms with Gasteiger partial charge in [-0.15, -0.1) is 10.2 Å². The summed E-state index contributed by atoms with van der Waals surface area (Å²) in [5.41, 5.74) is 0.581. The Morgan fingerprint density at radius 2 is 2.22 bits per heavy atom. The molecular weight excluding hydrogens is 274 g/mol. The second kappa shape index (κ2) is 4.20. The van der Waals surface area contributed by atoms with Gasteiger partial charge in [-0.2, -0.15) is 0 Å². The third-order valence-corrected chi connectivity index (χ3v) is 5.36. The van der Waals surface area contributed by atoms with Gasteiger partial charge in [-0.1, -0.05) is 11.6 Å². The first-order valence-corrected chi connectivity index (χ1v) is 7.96. The van der Waals surface area contributed by atoms with Gasteiger partial charge in [0.2, 0.25) is 0 Å². The summed E-state index contributed by atoms with van der Waals surface area (Å²) in [6.45, 7) is 0. The van der Waals surface area contributed by atoms with Crippen molar-refractivity contribution in [2.45, 2.75) is 18.8 Å². The number of sulfone groups is 1. The lowest BCUT2D eigenvalue weighted by atomic mass is 10.1. The molecule has 7 heteroatoms. The van der Waals surface area contributed by atoms with E-state index in [-0.39, 0.29) is 17.4 Å². The Morgan fingerprint density at radius 3 is 3.00 bits per heavy atom. The second-order valence-electron chi connectivity index (χ2n) is 4.56. The molecule has 18 heavy (non-hydrogen) atoms. The highest BCUT2D eigenvalue weighted by Crippen LogP contribution is 2.28. The summed E-state index contributed by atoms with van der Waals surface area (Å²) in [5.74, 6) is 1.04. The molecule has 1 atom stereocenters. The van der Waals surface area contributed by atoms with Gasteiger partial charge in [0.25, 0.3) is 0 Å². The summed E-state index contributed by atoms with van der Waals surface area (Å²) in [7, 11) is -2.95. The summed E-state index contributed by atoms with van der Waals surface area (Å²) in [4.78, 5) is 0. The zero-order valence-electron chi connectivity index (χ0n) is 9.58. The number of aromatic nitrogens is 3. The van der Waals surface area contributed by atoms with Gasteiger partial charge in [0.05, 0.1) is 16.5 Å². The van der Waals surface area contributed by atoms with Gasteiger partial charge in [-0.3, -0.25) is 4.40 Å². The van der Waals surface area contributed by atoms with E-state index in [9.17, 15) is 8.42 Å². The fourth-order valence-corrected chi connectivity index (χ4v) is 4.31. The van der Waals surface area contributed by atoms with Crippen molar-refractivity contribution in [1.82, 2.24) is 14.6 Å². The molecule has 0 saturated carbocycles. The van der Waals surface area contributed by atoms with Crippen molar-refractivity contribution in [2.24, 2.45) is 0 Å². The molecule has 2 aromatic rings. The molecule has 1 aliphatic rings. The Kier molecular flexibility index (Phi) is 2.79. The van der Waals surface area contributed by atoms with E-state index in [0.29, 0.717) is 22.9 Å². The number of halogens is 1. The first-order chi connectivity index (χ1) is 8.57. The minimum atomic E-state index is -2.95. The van der Waals surface area contributed by atoms with Crippen molar-refractivity contribution in [1.29, 1.82) is 0 Å². The SMILES string of the molecule is O=S1(=O)CCCC(c2nnc3c(Cl)cccn23)C1. The van der Waals surface area contributed by atoms with Crippen LogP contribution in [0.15, 0.2) is 18.3 Å². The molecule has 0 spiro atoms. The zero-order valence-corrected chi connectivity index (χ0v) is 11.2. The molecule has 1 saturated heterocycles. The number of fused-ring (bicyclic) bond motifs is 1. The molecule has 0 aromatic carbocycles. The maximum Gasteiger partial charge on any atom is 0.179 e. The molecule has 0 radical (unpaired) electrons. The topological polar surface area (TPSA) is 64.3 Å². The molecule has 0 bridgehead atoms. The van der Waals surface area contributed by atoms with E-state index in [2.05, 4.69) is 10.2 Å². The highest BCUT2D eigenvalue weighted by Gasteiger charge is 2.29. The molecule has 3 rings (SSSR count). The minimum absolute atomic E-state index is 0.0859. The lowest BCUT2D eigenvalue weighted by Crippen LogP contribution is -2.25. The zero-order chi connectivity index (χ0) is 12.8. The monoisotopic (exact) mass is 285 g/mol. The van der Waals surface area contributed by atoms with Gasteiger partial charge >= 0.3 is 0 Å². The lowest BCUT2D eigenvalue weighted by Gasteiger charge is -2.20. The van der Waals surface area contributed by atoms with Crippen LogP contribution in [0.3, 0.4) is 0 Å². The third kappa shape index (κ3) is 1.99. The van der Waals surface area contributed by atoms with Crippen molar-refractivity contribution in [3.8, 4) is 0 Å². The van der Waals surface area contributed by atoms with Crippen LogP contribution in [0.25, 0.3) is 5.65 Å². The number of rotatable bonds is 1. The molecule has 0 amide bonds. The predicted octanol–water partition coefficient (Wildman–Crippen LogP) is 1.67. The highest BCUT2D eigenvalue weighted by molar-refractivity contribution is 7.91. The summed E-state index contributed by atoms with van der Waals surface area (Å²) < 4.78 is 25.1. The number of hydrogen-bond acceptors (Lipinski definition) is 4. The molecule has 5 nitrogen and oxygen atoms in total. The predicted molar refractivity (Wildman–Crippen MR) is 68.6 cm³/mol. The first-order valence-electron chi connectivity index (χ1n) is 5.76. The summed E-state index contributed by atoms with van der Waals surface area (Å²) in [6, 6.07) is 3.55. The van der Waals surface area contributed by atoms with Gasteiger partial charge in [0.15, 0.2) is 15.5 Å². The largest absolute Gasteiger partial charge is 0.285 e. The Morgan fingerprint density at radius 1 is 1.39 bits per heavy atom. The average Bonchev–Trinajstić information content (AvgIpc) is 2.73. The molecule has 96 valence electrons. The molecular formula is C11H12ClN3O2S. The minimum Gasteiger partial charge on any atom is -0.285 e. The van der Waals surface area contributed by atoms with Crippen LogP contribution < -0.4 is 0 Å². The fourth-order valence-electron chi connectivity index (χ4n) is 2.41. The quantitative estimate of drug-likeness (QED) is 0.799. The number of hydrogen-bond donors (Lipinski definition) is 0.